The average Bonchev–Trinajstić information content (AvgIpc) is 2.38. The molecule has 0 unspecified atom stereocenters. The Hall–Kier alpha value is -1.90. The quantitative estimate of drug-likeness (QED) is 0.293. The molecule has 0 aromatic heterocycles. The minimum atomic E-state index is 0.448. The first-order chi connectivity index (χ1) is 8.72. The highest BCUT2D eigenvalue weighted by Crippen LogP contribution is 2.06. The van der Waals surface area contributed by atoms with Crippen LogP contribution in [0.3, 0.4) is 0 Å². The fourth-order valence-electron chi connectivity index (χ4n) is 0.798. The molecule has 0 spiro atoms. The molecule has 0 saturated carbocycles. The van der Waals surface area contributed by atoms with Crippen molar-refractivity contribution >= 4 is 5.69 Å². The number of benzene rings is 1. The molecule has 1 aromatic rings. The molecule has 1 aromatic carbocycles. The standard InChI is InChI=1S/C7H9N.C6H10O4/c1-6-4-2-3-5-7(6)8;1-3-7-9-5-6-10-8-4-2/h2-5H,8H2,1H3;3-4H2,1-2H3. The van der Waals surface area contributed by atoms with Crippen LogP contribution in [-0.2, 0) is 19.6 Å². The SMILES string of the molecule is CCOOC#COOCC.Cc1ccccc1N. The van der Waals surface area contributed by atoms with E-state index >= 15 is 0 Å². The van der Waals surface area contributed by atoms with Crippen LogP contribution in [0.5, 0.6) is 0 Å². The highest BCUT2D eigenvalue weighted by molar-refractivity contribution is 5.44. The van der Waals surface area contributed by atoms with E-state index < -0.39 is 0 Å². The molecule has 0 aliphatic rings. The van der Waals surface area contributed by atoms with Crippen molar-refractivity contribution in [1.82, 2.24) is 0 Å². The highest BCUT2D eigenvalue weighted by atomic mass is 17.2. The Kier molecular flexibility index (Phi) is 10.4. The van der Waals surface area contributed by atoms with Crippen LogP contribution >= 0.6 is 0 Å². The molecule has 0 amide bonds. The van der Waals surface area contributed by atoms with Crippen molar-refractivity contribution in [3.63, 3.8) is 0 Å². The van der Waals surface area contributed by atoms with Crippen molar-refractivity contribution in [2.75, 3.05) is 18.9 Å². The van der Waals surface area contributed by atoms with Gasteiger partial charge in [-0.05, 0) is 32.4 Å². The first-order valence-electron chi connectivity index (χ1n) is 5.60. The zero-order valence-electron chi connectivity index (χ0n) is 10.9. The maximum absolute atomic E-state index is 5.52. The van der Waals surface area contributed by atoms with Crippen LogP contribution in [0.1, 0.15) is 19.4 Å². The van der Waals surface area contributed by atoms with Crippen LogP contribution in [0.4, 0.5) is 5.69 Å². The topological polar surface area (TPSA) is 62.9 Å². The summed E-state index contributed by atoms with van der Waals surface area (Å²) in [5.41, 5.74) is 7.53. The predicted molar refractivity (Wildman–Crippen MR) is 68.8 cm³/mol. The summed E-state index contributed by atoms with van der Waals surface area (Å²) in [6.45, 7) is 6.46. The van der Waals surface area contributed by atoms with Crippen molar-refractivity contribution in [2.45, 2.75) is 20.8 Å². The van der Waals surface area contributed by atoms with E-state index in [4.69, 9.17) is 5.73 Å². The van der Waals surface area contributed by atoms with E-state index in [1.165, 1.54) is 0 Å². The van der Waals surface area contributed by atoms with Crippen molar-refractivity contribution in [1.29, 1.82) is 0 Å². The van der Waals surface area contributed by atoms with Crippen LogP contribution in [-0.4, -0.2) is 13.2 Å². The molecule has 0 heterocycles. The van der Waals surface area contributed by atoms with E-state index in [1.807, 2.05) is 31.2 Å². The van der Waals surface area contributed by atoms with Crippen LogP contribution in [0.2, 0.25) is 0 Å². The van der Waals surface area contributed by atoms with Gasteiger partial charge in [-0.3, -0.25) is 9.78 Å². The second-order valence-corrected chi connectivity index (χ2v) is 3.04. The van der Waals surface area contributed by atoms with Gasteiger partial charge in [-0.2, -0.15) is 9.78 Å². The molecule has 1 rings (SSSR count). The van der Waals surface area contributed by atoms with Gasteiger partial charge in [0.2, 0.25) is 12.2 Å². The summed E-state index contributed by atoms with van der Waals surface area (Å²) in [7, 11) is 0. The zero-order valence-corrected chi connectivity index (χ0v) is 10.9. The number of hydrogen-bond donors (Lipinski definition) is 1. The van der Waals surface area contributed by atoms with Gasteiger partial charge >= 0.3 is 0 Å². The number of para-hydroxylation sites is 1. The summed E-state index contributed by atoms with van der Waals surface area (Å²) in [4.78, 5) is 17.3. The third kappa shape index (κ3) is 9.33. The monoisotopic (exact) mass is 253 g/mol. The second kappa shape index (κ2) is 11.6. The molecule has 0 aliphatic heterocycles. The molecule has 18 heavy (non-hydrogen) atoms. The maximum atomic E-state index is 5.52. The van der Waals surface area contributed by atoms with Gasteiger partial charge in [0.1, 0.15) is 0 Å². The lowest BCUT2D eigenvalue weighted by Gasteiger charge is -1.93. The molecule has 0 fully saturated rings. The van der Waals surface area contributed by atoms with Gasteiger partial charge < -0.3 is 5.73 Å². The molecule has 2 N–H and O–H groups in total. The Morgan fingerprint density at radius 2 is 1.50 bits per heavy atom. The van der Waals surface area contributed by atoms with Crippen molar-refractivity contribution < 1.29 is 19.6 Å². The van der Waals surface area contributed by atoms with Gasteiger partial charge in [0.15, 0.2) is 0 Å². The van der Waals surface area contributed by atoms with Crippen molar-refractivity contribution in [2.24, 2.45) is 0 Å². The van der Waals surface area contributed by atoms with Gasteiger partial charge in [-0.15, -0.1) is 0 Å². The average molecular weight is 253 g/mol. The summed E-state index contributed by atoms with van der Waals surface area (Å²) in [5, 5.41) is 0. The Labute approximate surface area is 108 Å². The zero-order chi connectivity index (χ0) is 13.6. The van der Waals surface area contributed by atoms with E-state index in [1.54, 1.807) is 13.8 Å². The highest BCUT2D eigenvalue weighted by Gasteiger charge is 1.84. The number of rotatable bonds is 4. The molecule has 0 aliphatic carbocycles. The Bertz CT molecular complexity index is 338. The van der Waals surface area contributed by atoms with Gasteiger partial charge in [-0.1, -0.05) is 18.2 Å². The summed E-state index contributed by atoms with van der Waals surface area (Å²) in [6, 6.07) is 7.80. The smallest absolute Gasteiger partial charge is 0.204 e. The molecule has 0 bridgehead atoms. The van der Waals surface area contributed by atoms with Gasteiger partial charge in [0.05, 0.1) is 13.2 Å². The largest absolute Gasteiger partial charge is 0.399 e. The summed E-state index contributed by atoms with van der Waals surface area (Å²) in [6.07, 6.45) is 4.20. The molecule has 0 atom stereocenters. The van der Waals surface area contributed by atoms with Crippen LogP contribution in [0, 0.1) is 19.1 Å². The maximum Gasteiger partial charge on any atom is 0.204 e. The number of hydrogen-bond acceptors (Lipinski definition) is 5. The number of nitrogen functional groups attached to an aromatic ring is 1. The molecule has 5 nitrogen and oxygen atoms in total. The van der Waals surface area contributed by atoms with Crippen LogP contribution in [0.25, 0.3) is 0 Å². The Morgan fingerprint density at radius 3 is 1.83 bits per heavy atom. The fourth-order valence-corrected chi connectivity index (χ4v) is 0.798. The van der Waals surface area contributed by atoms with E-state index in [0.717, 1.165) is 11.3 Å². The lowest BCUT2D eigenvalue weighted by molar-refractivity contribution is -0.246. The summed E-state index contributed by atoms with van der Waals surface area (Å²) >= 11 is 0. The van der Waals surface area contributed by atoms with E-state index in [0.29, 0.717) is 13.2 Å². The third-order valence-electron chi connectivity index (χ3n) is 1.67. The predicted octanol–water partition coefficient (Wildman–Crippen LogP) is 2.42. The minimum absolute atomic E-state index is 0.448. The van der Waals surface area contributed by atoms with Gasteiger partial charge in [0.25, 0.3) is 0 Å². The molecule has 0 radical (unpaired) electrons. The fraction of sp³-hybridized carbons (Fsp3) is 0.385. The lowest BCUT2D eigenvalue weighted by atomic mass is 10.2. The molecular formula is C13H19NO4. The van der Waals surface area contributed by atoms with Gasteiger partial charge in [-0.25, -0.2) is 0 Å². The van der Waals surface area contributed by atoms with Crippen LogP contribution in [0.15, 0.2) is 24.3 Å². The normalized spacial score (nSPS) is 8.39. The molecular weight excluding hydrogens is 234 g/mol. The van der Waals surface area contributed by atoms with E-state index in [9.17, 15) is 0 Å². The second-order valence-electron chi connectivity index (χ2n) is 3.04. The summed E-state index contributed by atoms with van der Waals surface area (Å²) in [5.74, 6) is 0. The first-order valence-corrected chi connectivity index (χ1v) is 5.60. The van der Waals surface area contributed by atoms with E-state index in [-0.39, 0.29) is 0 Å². The summed E-state index contributed by atoms with van der Waals surface area (Å²) < 4.78 is 0. The Balaban J connectivity index is 0.000000327. The first kappa shape index (κ1) is 16.1. The minimum Gasteiger partial charge on any atom is -0.399 e. The lowest BCUT2D eigenvalue weighted by Crippen LogP contribution is -1.88. The van der Waals surface area contributed by atoms with Gasteiger partial charge in [0, 0.05) is 5.69 Å². The van der Waals surface area contributed by atoms with E-state index in [2.05, 4.69) is 31.8 Å². The third-order valence-corrected chi connectivity index (χ3v) is 1.67. The van der Waals surface area contributed by atoms with Crippen LogP contribution < -0.4 is 5.73 Å². The van der Waals surface area contributed by atoms with Crippen molar-refractivity contribution in [3.05, 3.63) is 29.8 Å². The Morgan fingerprint density at radius 1 is 1.00 bits per heavy atom. The number of anilines is 1. The molecule has 100 valence electrons. The van der Waals surface area contributed by atoms with Crippen molar-refractivity contribution in [3.8, 4) is 12.2 Å². The molecule has 5 heteroatoms. The molecule has 0 saturated heterocycles. The number of aryl methyl sites for hydroxylation is 1. The number of nitrogens with two attached hydrogens (primary N) is 1.